The lowest BCUT2D eigenvalue weighted by Gasteiger charge is -2.13. The molecule has 0 spiro atoms. The first-order chi connectivity index (χ1) is 3.55. The molecule has 0 aromatic carbocycles. The van der Waals surface area contributed by atoms with Crippen LogP contribution in [-0.2, 0) is 0 Å². The van der Waals surface area contributed by atoms with Gasteiger partial charge in [0.15, 0.2) is 0 Å². The molecule has 0 bridgehead atoms. The van der Waals surface area contributed by atoms with Crippen LogP contribution in [0.4, 0.5) is 0 Å². The van der Waals surface area contributed by atoms with Crippen molar-refractivity contribution in [2.75, 3.05) is 0 Å². The summed E-state index contributed by atoms with van der Waals surface area (Å²) in [5, 5.41) is 0. The molecule has 0 radical (unpaired) electrons. The second kappa shape index (κ2) is 2.91. The lowest BCUT2D eigenvalue weighted by Crippen LogP contribution is -2.03. The van der Waals surface area contributed by atoms with E-state index >= 15 is 0 Å². The Hall–Kier alpha value is -0.260. The minimum atomic E-state index is 0. The standard InChI is InChI=1S/C8H16.H2/c1-6(2)8(5)7(3)4;/h7-8H,1H2,2-5H3;1H/t8-;/m1./s1. The summed E-state index contributed by atoms with van der Waals surface area (Å²) < 4.78 is 0. The predicted molar refractivity (Wildman–Crippen MR) is 40.9 cm³/mol. The van der Waals surface area contributed by atoms with Crippen molar-refractivity contribution in [3.63, 3.8) is 0 Å². The largest absolute Gasteiger partial charge is 0.0999 e. The maximum Gasteiger partial charge on any atom is 0 e. The molecule has 0 unspecified atom stereocenters. The Morgan fingerprint density at radius 2 is 1.75 bits per heavy atom. The summed E-state index contributed by atoms with van der Waals surface area (Å²) >= 11 is 0. The van der Waals surface area contributed by atoms with Gasteiger partial charge in [-0.05, 0) is 18.8 Å². The minimum Gasteiger partial charge on any atom is -0.0999 e. The fourth-order valence-corrected chi connectivity index (χ4v) is 0.569. The molecule has 0 aromatic rings. The van der Waals surface area contributed by atoms with Gasteiger partial charge in [-0.1, -0.05) is 32.9 Å². The minimum absolute atomic E-state index is 0. The Bertz CT molecular complexity index is 84.6. The highest BCUT2D eigenvalue weighted by Gasteiger charge is 2.05. The van der Waals surface area contributed by atoms with Gasteiger partial charge in [-0.2, -0.15) is 0 Å². The highest BCUT2D eigenvalue weighted by molar-refractivity contribution is 4.94. The number of rotatable bonds is 2. The van der Waals surface area contributed by atoms with Crippen LogP contribution in [0.1, 0.15) is 29.1 Å². The van der Waals surface area contributed by atoms with E-state index < -0.39 is 0 Å². The molecule has 50 valence electrons. The number of allylic oxidation sites excluding steroid dienone is 1. The van der Waals surface area contributed by atoms with Crippen LogP contribution in [0.3, 0.4) is 0 Å². The van der Waals surface area contributed by atoms with Crippen molar-refractivity contribution in [3.05, 3.63) is 12.2 Å². The molecular weight excluding hydrogens is 96.1 g/mol. The van der Waals surface area contributed by atoms with Gasteiger partial charge in [-0.25, -0.2) is 0 Å². The summed E-state index contributed by atoms with van der Waals surface area (Å²) in [6.45, 7) is 12.6. The van der Waals surface area contributed by atoms with Gasteiger partial charge in [-0.3, -0.25) is 0 Å². The summed E-state index contributed by atoms with van der Waals surface area (Å²) in [5.41, 5.74) is 1.29. The highest BCUT2D eigenvalue weighted by atomic mass is 14.1. The molecule has 0 aromatic heterocycles. The quantitative estimate of drug-likeness (QED) is 0.484. The van der Waals surface area contributed by atoms with Crippen molar-refractivity contribution >= 4 is 0 Å². The van der Waals surface area contributed by atoms with Crippen LogP contribution in [-0.4, -0.2) is 0 Å². The molecule has 0 heterocycles. The van der Waals surface area contributed by atoms with E-state index in [1.165, 1.54) is 5.57 Å². The van der Waals surface area contributed by atoms with Crippen molar-refractivity contribution in [2.45, 2.75) is 27.7 Å². The Morgan fingerprint density at radius 1 is 1.38 bits per heavy atom. The molecule has 0 aliphatic rings. The van der Waals surface area contributed by atoms with E-state index in [-0.39, 0.29) is 1.43 Å². The zero-order chi connectivity index (χ0) is 6.73. The van der Waals surface area contributed by atoms with Crippen molar-refractivity contribution in [3.8, 4) is 0 Å². The smallest absolute Gasteiger partial charge is 0 e. The molecule has 0 fully saturated rings. The van der Waals surface area contributed by atoms with Gasteiger partial charge in [0.1, 0.15) is 0 Å². The number of hydrogen-bond donors (Lipinski definition) is 0. The van der Waals surface area contributed by atoms with Crippen molar-refractivity contribution < 1.29 is 1.43 Å². The first-order valence-corrected chi connectivity index (χ1v) is 3.21. The van der Waals surface area contributed by atoms with E-state index in [9.17, 15) is 0 Å². The van der Waals surface area contributed by atoms with E-state index in [2.05, 4.69) is 34.3 Å². The molecule has 0 aliphatic carbocycles. The van der Waals surface area contributed by atoms with E-state index in [0.29, 0.717) is 5.92 Å². The monoisotopic (exact) mass is 114 g/mol. The van der Waals surface area contributed by atoms with E-state index in [0.717, 1.165) is 5.92 Å². The van der Waals surface area contributed by atoms with Crippen LogP contribution in [0.25, 0.3) is 0 Å². The third kappa shape index (κ3) is 2.15. The topological polar surface area (TPSA) is 0 Å². The second-order valence-electron chi connectivity index (χ2n) is 2.88. The van der Waals surface area contributed by atoms with E-state index in [1.807, 2.05) is 0 Å². The summed E-state index contributed by atoms with van der Waals surface area (Å²) in [7, 11) is 0. The fourth-order valence-electron chi connectivity index (χ4n) is 0.569. The average Bonchev–Trinajstić information content (AvgIpc) is 1.64. The highest BCUT2D eigenvalue weighted by Crippen LogP contribution is 2.16. The molecule has 1 atom stereocenters. The lowest BCUT2D eigenvalue weighted by atomic mass is 9.92. The van der Waals surface area contributed by atoms with Gasteiger partial charge in [0.05, 0.1) is 0 Å². The first-order valence-electron chi connectivity index (χ1n) is 3.21. The normalized spacial score (nSPS) is 14.1. The number of hydrogen-bond acceptors (Lipinski definition) is 0. The third-order valence-corrected chi connectivity index (χ3v) is 1.78. The Morgan fingerprint density at radius 3 is 1.75 bits per heavy atom. The molecule has 0 N–H and O–H groups in total. The van der Waals surface area contributed by atoms with Crippen LogP contribution < -0.4 is 0 Å². The van der Waals surface area contributed by atoms with Crippen LogP contribution in [0.15, 0.2) is 12.2 Å². The molecule has 0 nitrogen and oxygen atoms in total. The zero-order valence-corrected chi connectivity index (χ0v) is 6.36. The van der Waals surface area contributed by atoms with Gasteiger partial charge >= 0.3 is 0 Å². The maximum atomic E-state index is 3.88. The summed E-state index contributed by atoms with van der Waals surface area (Å²) in [6.07, 6.45) is 0. The van der Waals surface area contributed by atoms with Gasteiger partial charge in [0, 0.05) is 1.43 Å². The molecule has 0 amide bonds. The van der Waals surface area contributed by atoms with Gasteiger partial charge < -0.3 is 0 Å². The van der Waals surface area contributed by atoms with Gasteiger partial charge in [0.25, 0.3) is 0 Å². The predicted octanol–water partition coefficient (Wildman–Crippen LogP) is 3.10. The van der Waals surface area contributed by atoms with Crippen LogP contribution >= 0.6 is 0 Å². The summed E-state index contributed by atoms with van der Waals surface area (Å²) in [6, 6.07) is 0. The van der Waals surface area contributed by atoms with Crippen LogP contribution in [0.5, 0.6) is 0 Å². The molecule has 0 saturated carbocycles. The van der Waals surface area contributed by atoms with Crippen LogP contribution in [0, 0.1) is 11.8 Å². The average molecular weight is 114 g/mol. The van der Waals surface area contributed by atoms with Crippen molar-refractivity contribution in [1.82, 2.24) is 0 Å². The molecule has 0 rings (SSSR count). The van der Waals surface area contributed by atoms with Crippen molar-refractivity contribution in [2.24, 2.45) is 11.8 Å². The fraction of sp³-hybridized carbons (Fsp3) is 0.750. The van der Waals surface area contributed by atoms with Gasteiger partial charge in [-0.15, -0.1) is 0 Å². The first kappa shape index (κ1) is 7.74. The maximum absolute atomic E-state index is 3.88. The SMILES string of the molecule is C=C(C)[C@@H](C)C(C)C.[HH]. The third-order valence-electron chi connectivity index (χ3n) is 1.78. The molecular formula is C8H18. The molecule has 0 aliphatic heterocycles. The van der Waals surface area contributed by atoms with Gasteiger partial charge in [0.2, 0.25) is 0 Å². The summed E-state index contributed by atoms with van der Waals surface area (Å²) in [4.78, 5) is 0. The second-order valence-corrected chi connectivity index (χ2v) is 2.88. The van der Waals surface area contributed by atoms with E-state index in [1.54, 1.807) is 0 Å². The molecule has 0 heteroatoms. The lowest BCUT2D eigenvalue weighted by molar-refractivity contribution is 0.481. The molecule has 8 heavy (non-hydrogen) atoms. The Labute approximate surface area is 54.1 Å². The van der Waals surface area contributed by atoms with Crippen molar-refractivity contribution in [1.29, 1.82) is 0 Å². The zero-order valence-electron chi connectivity index (χ0n) is 6.36. The van der Waals surface area contributed by atoms with E-state index in [4.69, 9.17) is 0 Å². The Kier molecular flexibility index (Phi) is 2.81. The summed E-state index contributed by atoms with van der Waals surface area (Å²) in [5.74, 6) is 1.42. The molecule has 0 saturated heterocycles. The Balaban J connectivity index is 0. The van der Waals surface area contributed by atoms with Crippen LogP contribution in [0.2, 0.25) is 0 Å².